The summed E-state index contributed by atoms with van der Waals surface area (Å²) in [5.74, 6) is 0. The van der Waals surface area contributed by atoms with E-state index in [1.807, 2.05) is 58.4 Å². The summed E-state index contributed by atoms with van der Waals surface area (Å²) in [7, 11) is 0. The molecule has 1 aromatic heterocycles. The van der Waals surface area contributed by atoms with Crippen LogP contribution in [0.3, 0.4) is 0 Å². The van der Waals surface area contributed by atoms with E-state index in [2.05, 4.69) is 36.9 Å². The van der Waals surface area contributed by atoms with Crippen molar-refractivity contribution >= 4 is 64.0 Å². The van der Waals surface area contributed by atoms with Gasteiger partial charge in [-0.2, -0.15) is 0 Å². The molecule has 0 saturated heterocycles. The van der Waals surface area contributed by atoms with Crippen LogP contribution in [0.5, 0.6) is 0 Å². The molecule has 2 heterocycles. The van der Waals surface area contributed by atoms with Gasteiger partial charge in [0.15, 0.2) is 0 Å². The summed E-state index contributed by atoms with van der Waals surface area (Å²) in [6.45, 7) is 2.22. The van der Waals surface area contributed by atoms with Gasteiger partial charge in [-0.3, -0.25) is 0 Å². The summed E-state index contributed by atoms with van der Waals surface area (Å²) >= 11 is 9.37. The Morgan fingerprint density at radius 1 is 1.12 bits per heavy atom. The third kappa shape index (κ3) is 2.70. The molecule has 16 heavy (non-hydrogen) atoms. The summed E-state index contributed by atoms with van der Waals surface area (Å²) in [6, 6.07) is 4.32. The van der Waals surface area contributed by atoms with Crippen LogP contribution >= 0.6 is 58.4 Å². The maximum Gasteiger partial charge on any atom is 0.0657 e. The fraction of sp³-hybridized carbons (Fsp3) is 0.273. The molecule has 0 fully saturated rings. The molecule has 1 aliphatic heterocycles. The van der Waals surface area contributed by atoms with Crippen molar-refractivity contribution in [2.24, 2.45) is 0 Å². The van der Waals surface area contributed by atoms with E-state index >= 15 is 0 Å². The predicted molar refractivity (Wildman–Crippen MR) is 86.2 cm³/mol. The molecule has 86 valence electrons. The molecule has 0 bridgehead atoms. The first-order valence-electron chi connectivity index (χ1n) is 4.69. The first-order chi connectivity index (χ1) is 7.76. The third-order valence-corrected chi connectivity index (χ3v) is 8.52. The van der Waals surface area contributed by atoms with E-state index in [0.717, 1.165) is 0 Å². The van der Waals surface area contributed by atoms with Gasteiger partial charge < -0.3 is 0 Å². The largest absolute Gasteiger partial charge is 0.144 e. The predicted octanol–water partition coefficient (Wildman–Crippen LogP) is 5.77. The summed E-state index contributed by atoms with van der Waals surface area (Å²) in [6.07, 6.45) is 4.31. The van der Waals surface area contributed by atoms with Gasteiger partial charge in [-0.15, -0.1) is 34.9 Å². The second-order valence-electron chi connectivity index (χ2n) is 3.08. The van der Waals surface area contributed by atoms with Crippen LogP contribution in [0.1, 0.15) is 11.8 Å². The highest BCUT2D eigenvalue weighted by Crippen LogP contribution is 2.58. The monoisotopic (exact) mass is 304 g/mol. The molecule has 1 aliphatic rings. The number of thioether (sulfide) groups is 4. The Labute approximate surface area is 118 Å². The number of thiophene rings is 1. The zero-order valence-electron chi connectivity index (χ0n) is 9.27. The Morgan fingerprint density at radius 2 is 1.75 bits per heavy atom. The van der Waals surface area contributed by atoms with Gasteiger partial charge in [-0.05, 0) is 36.5 Å². The van der Waals surface area contributed by atoms with Crippen LogP contribution in [0.15, 0.2) is 30.2 Å². The average molecular weight is 305 g/mol. The van der Waals surface area contributed by atoms with Gasteiger partial charge in [0.2, 0.25) is 0 Å². The molecule has 1 aromatic rings. The smallest absolute Gasteiger partial charge is 0.0657 e. The Morgan fingerprint density at radius 3 is 2.19 bits per heavy atom. The van der Waals surface area contributed by atoms with E-state index in [9.17, 15) is 0 Å². The standard InChI is InChI=1S/C11H12S5/c1-7(8-5-4-6-14-8)9-15-10(12-2)11(13-3)16-9/h4-6H,1-3H3. The van der Waals surface area contributed by atoms with Gasteiger partial charge in [0, 0.05) is 4.88 Å². The van der Waals surface area contributed by atoms with Crippen molar-refractivity contribution in [3.8, 4) is 0 Å². The van der Waals surface area contributed by atoms with Gasteiger partial charge in [0.25, 0.3) is 0 Å². The number of rotatable bonds is 3. The van der Waals surface area contributed by atoms with Gasteiger partial charge >= 0.3 is 0 Å². The maximum absolute atomic E-state index is 2.22. The van der Waals surface area contributed by atoms with Crippen molar-refractivity contribution < 1.29 is 0 Å². The molecule has 0 spiro atoms. The van der Waals surface area contributed by atoms with Crippen molar-refractivity contribution in [3.05, 3.63) is 35.1 Å². The highest BCUT2D eigenvalue weighted by molar-refractivity contribution is 8.40. The van der Waals surface area contributed by atoms with Crippen molar-refractivity contribution in [1.29, 1.82) is 0 Å². The summed E-state index contributed by atoms with van der Waals surface area (Å²) in [5, 5.41) is 2.14. The Balaban J connectivity index is 2.25. The van der Waals surface area contributed by atoms with Crippen molar-refractivity contribution in [2.75, 3.05) is 12.5 Å². The highest BCUT2D eigenvalue weighted by Gasteiger charge is 2.22. The molecule has 0 radical (unpaired) electrons. The molecule has 2 rings (SSSR count). The molecule has 0 aromatic carbocycles. The SMILES string of the molecule is CSC1=C(SC)SC(=C(C)c2cccs2)S1. The zero-order valence-corrected chi connectivity index (χ0v) is 13.4. The van der Waals surface area contributed by atoms with Crippen LogP contribution in [-0.4, -0.2) is 12.5 Å². The fourth-order valence-corrected chi connectivity index (χ4v) is 7.15. The first kappa shape index (κ1) is 13.0. The van der Waals surface area contributed by atoms with Crippen LogP contribution < -0.4 is 0 Å². The van der Waals surface area contributed by atoms with Crippen LogP contribution in [0, 0.1) is 0 Å². The zero-order chi connectivity index (χ0) is 11.5. The van der Waals surface area contributed by atoms with Crippen LogP contribution in [-0.2, 0) is 0 Å². The molecule has 0 unspecified atom stereocenters. The maximum atomic E-state index is 2.22. The third-order valence-electron chi connectivity index (χ3n) is 2.11. The molecule has 0 nitrogen and oxygen atoms in total. The van der Waals surface area contributed by atoms with Crippen molar-refractivity contribution in [2.45, 2.75) is 6.92 Å². The van der Waals surface area contributed by atoms with Crippen LogP contribution in [0.4, 0.5) is 0 Å². The van der Waals surface area contributed by atoms with E-state index in [4.69, 9.17) is 0 Å². The quantitative estimate of drug-likeness (QED) is 0.695. The average Bonchev–Trinajstić information content (AvgIpc) is 2.96. The van der Waals surface area contributed by atoms with E-state index in [-0.39, 0.29) is 0 Å². The lowest BCUT2D eigenvalue weighted by Crippen LogP contribution is -1.74. The van der Waals surface area contributed by atoms with Gasteiger partial charge in [0.1, 0.15) is 0 Å². The van der Waals surface area contributed by atoms with Gasteiger partial charge in [0.05, 0.1) is 12.7 Å². The lowest BCUT2D eigenvalue weighted by atomic mass is 10.3. The second kappa shape index (κ2) is 5.96. The molecule has 0 aliphatic carbocycles. The van der Waals surface area contributed by atoms with Crippen molar-refractivity contribution in [3.63, 3.8) is 0 Å². The molecule has 0 N–H and O–H groups in total. The minimum atomic E-state index is 1.39. The molecular formula is C11H12S5. The molecule has 5 heteroatoms. The lowest BCUT2D eigenvalue weighted by Gasteiger charge is -2.02. The van der Waals surface area contributed by atoms with Gasteiger partial charge in [-0.25, -0.2) is 0 Å². The summed E-state index contributed by atoms with van der Waals surface area (Å²) < 4.78 is 4.34. The van der Waals surface area contributed by atoms with Crippen LogP contribution in [0.2, 0.25) is 0 Å². The Hall–Kier alpha value is 0.580. The first-order valence-corrected chi connectivity index (χ1v) is 9.65. The molecular weight excluding hydrogens is 292 g/mol. The van der Waals surface area contributed by atoms with Crippen LogP contribution in [0.25, 0.3) is 5.57 Å². The molecule has 0 amide bonds. The van der Waals surface area contributed by atoms with Gasteiger partial charge in [-0.1, -0.05) is 29.6 Å². The van der Waals surface area contributed by atoms with E-state index in [1.165, 1.54) is 23.2 Å². The Kier molecular flexibility index (Phi) is 4.85. The normalized spacial score (nSPS) is 16.1. The lowest BCUT2D eigenvalue weighted by molar-refractivity contribution is 1.73. The number of allylic oxidation sites excluding steroid dienone is 1. The topological polar surface area (TPSA) is 0 Å². The number of hydrogen-bond acceptors (Lipinski definition) is 5. The minimum Gasteiger partial charge on any atom is -0.144 e. The summed E-state index contributed by atoms with van der Waals surface area (Å²) in [4.78, 5) is 1.39. The minimum absolute atomic E-state index is 1.39. The van der Waals surface area contributed by atoms with E-state index in [1.54, 1.807) is 0 Å². The van der Waals surface area contributed by atoms with E-state index in [0.29, 0.717) is 0 Å². The van der Waals surface area contributed by atoms with Crippen molar-refractivity contribution in [1.82, 2.24) is 0 Å². The second-order valence-corrected chi connectivity index (χ2v) is 8.47. The fourth-order valence-electron chi connectivity index (χ4n) is 1.27. The molecule has 0 atom stereocenters. The Bertz CT molecular complexity index is 409. The number of hydrogen-bond donors (Lipinski definition) is 0. The highest BCUT2D eigenvalue weighted by atomic mass is 32.3. The van der Waals surface area contributed by atoms with E-state index < -0.39 is 0 Å². The molecule has 0 saturated carbocycles. The summed E-state index contributed by atoms with van der Waals surface area (Å²) in [5.41, 5.74) is 1.42.